The highest BCUT2D eigenvalue weighted by Crippen LogP contribution is 2.30. The minimum atomic E-state index is -0.547. The molecule has 2 aromatic carbocycles. The largest absolute Gasteiger partial charge is 0.497 e. The van der Waals surface area contributed by atoms with Crippen molar-refractivity contribution in [2.75, 3.05) is 38.5 Å². The third-order valence-corrected chi connectivity index (χ3v) is 4.79. The minimum absolute atomic E-state index is 0.240. The summed E-state index contributed by atoms with van der Waals surface area (Å²) in [6.07, 6.45) is 1.36. The first kappa shape index (κ1) is 20.3. The molecular formula is C21H25N3O5. The van der Waals surface area contributed by atoms with E-state index in [2.05, 4.69) is 10.6 Å². The van der Waals surface area contributed by atoms with Crippen LogP contribution in [0.15, 0.2) is 42.5 Å². The number of carbonyl (C=O) groups excluding carboxylic acids is 2. The Morgan fingerprint density at radius 1 is 0.931 bits per heavy atom. The predicted molar refractivity (Wildman–Crippen MR) is 110 cm³/mol. The number of rotatable bonds is 6. The van der Waals surface area contributed by atoms with Crippen molar-refractivity contribution in [1.82, 2.24) is 4.90 Å². The van der Waals surface area contributed by atoms with Crippen LogP contribution >= 0.6 is 0 Å². The van der Waals surface area contributed by atoms with Gasteiger partial charge >= 0.3 is 6.03 Å². The molecular weight excluding hydrogens is 374 g/mol. The third kappa shape index (κ3) is 4.71. The summed E-state index contributed by atoms with van der Waals surface area (Å²) in [7, 11) is 4.65. The highest BCUT2D eigenvalue weighted by Gasteiger charge is 2.34. The lowest BCUT2D eigenvalue weighted by molar-refractivity contribution is -0.119. The van der Waals surface area contributed by atoms with E-state index in [9.17, 15) is 9.59 Å². The maximum absolute atomic E-state index is 12.8. The zero-order valence-electron chi connectivity index (χ0n) is 16.7. The molecule has 2 aromatic rings. The summed E-state index contributed by atoms with van der Waals surface area (Å²) < 4.78 is 15.7. The Labute approximate surface area is 169 Å². The van der Waals surface area contributed by atoms with Crippen LogP contribution in [0.1, 0.15) is 12.8 Å². The molecule has 1 heterocycles. The lowest BCUT2D eigenvalue weighted by Crippen LogP contribution is -2.45. The van der Waals surface area contributed by atoms with Gasteiger partial charge < -0.3 is 29.7 Å². The number of methoxy groups -OCH3 is 3. The molecule has 0 bridgehead atoms. The molecule has 0 unspecified atom stereocenters. The molecule has 0 radical (unpaired) electrons. The predicted octanol–water partition coefficient (Wildman–Crippen LogP) is 3.35. The van der Waals surface area contributed by atoms with Crippen molar-refractivity contribution in [2.24, 2.45) is 0 Å². The van der Waals surface area contributed by atoms with Crippen molar-refractivity contribution in [3.8, 4) is 17.2 Å². The zero-order chi connectivity index (χ0) is 20.8. The van der Waals surface area contributed by atoms with E-state index in [1.54, 1.807) is 61.6 Å². The van der Waals surface area contributed by atoms with Gasteiger partial charge in [-0.25, -0.2) is 4.79 Å². The first-order valence-electron chi connectivity index (χ1n) is 9.30. The Kier molecular flexibility index (Phi) is 6.43. The average Bonchev–Trinajstić information content (AvgIpc) is 3.24. The number of hydrogen-bond donors (Lipinski definition) is 2. The van der Waals surface area contributed by atoms with Crippen LogP contribution in [0.25, 0.3) is 0 Å². The maximum atomic E-state index is 12.8. The lowest BCUT2D eigenvalue weighted by Gasteiger charge is -2.24. The van der Waals surface area contributed by atoms with Crippen molar-refractivity contribution in [3.05, 3.63) is 42.5 Å². The van der Waals surface area contributed by atoms with E-state index >= 15 is 0 Å². The van der Waals surface area contributed by atoms with E-state index in [-0.39, 0.29) is 11.9 Å². The molecule has 2 N–H and O–H groups in total. The van der Waals surface area contributed by atoms with Crippen LogP contribution in [0.5, 0.6) is 17.2 Å². The van der Waals surface area contributed by atoms with E-state index in [0.29, 0.717) is 41.6 Å². The Balaban J connectivity index is 1.67. The van der Waals surface area contributed by atoms with Gasteiger partial charge in [0.1, 0.15) is 11.8 Å². The fourth-order valence-corrected chi connectivity index (χ4v) is 3.32. The van der Waals surface area contributed by atoms with Crippen LogP contribution in [0.3, 0.4) is 0 Å². The molecule has 8 heteroatoms. The number of benzene rings is 2. The molecule has 1 aliphatic rings. The Hall–Kier alpha value is -3.42. The van der Waals surface area contributed by atoms with E-state index < -0.39 is 6.04 Å². The molecule has 0 aliphatic carbocycles. The summed E-state index contributed by atoms with van der Waals surface area (Å²) in [5, 5.41) is 5.69. The average molecular weight is 399 g/mol. The quantitative estimate of drug-likeness (QED) is 0.778. The molecule has 3 amide bonds. The van der Waals surface area contributed by atoms with Gasteiger partial charge in [-0.15, -0.1) is 0 Å². The van der Waals surface area contributed by atoms with Gasteiger partial charge in [0, 0.05) is 30.1 Å². The Bertz CT molecular complexity index is 886. The molecule has 154 valence electrons. The number of hydrogen-bond acceptors (Lipinski definition) is 5. The number of likely N-dealkylation sites (tertiary alicyclic amines) is 1. The summed E-state index contributed by atoms with van der Waals surface area (Å²) in [5.41, 5.74) is 1.19. The van der Waals surface area contributed by atoms with Gasteiger partial charge in [-0.2, -0.15) is 0 Å². The number of nitrogens with one attached hydrogen (secondary N) is 2. The second-order valence-electron chi connectivity index (χ2n) is 6.57. The summed E-state index contributed by atoms with van der Waals surface area (Å²) in [6, 6.07) is 11.4. The molecule has 0 saturated carbocycles. The number of urea groups is 1. The highest BCUT2D eigenvalue weighted by molar-refractivity contribution is 5.99. The summed E-state index contributed by atoms with van der Waals surface area (Å²) >= 11 is 0. The minimum Gasteiger partial charge on any atom is -0.497 e. The van der Waals surface area contributed by atoms with Crippen LogP contribution in [0.4, 0.5) is 16.2 Å². The smallest absolute Gasteiger partial charge is 0.322 e. The molecule has 0 aromatic heterocycles. The fraction of sp³-hybridized carbons (Fsp3) is 0.333. The molecule has 29 heavy (non-hydrogen) atoms. The fourth-order valence-electron chi connectivity index (χ4n) is 3.32. The van der Waals surface area contributed by atoms with E-state index in [1.165, 1.54) is 7.11 Å². The summed E-state index contributed by atoms with van der Waals surface area (Å²) in [4.78, 5) is 27.1. The number of carbonyl (C=O) groups is 2. The van der Waals surface area contributed by atoms with Gasteiger partial charge in [-0.05, 0) is 37.1 Å². The summed E-state index contributed by atoms with van der Waals surface area (Å²) in [6.45, 7) is 0.514. The first-order chi connectivity index (χ1) is 14.0. The molecule has 3 rings (SSSR count). The van der Waals surface area contributed by atoms with Gasteiger partial charge in [-0.3, -0.25) is 4.79 Å². The Morgan fingerprint density at radius 3 is 2.41 bits per heavy atom. The SMILES string of the molecule is COc1cccc(NC(=O)N2CCC[C@H]2C(=O)Nc2ccc(OC)c(OC)c2)c1. The van der Waals surface area contributed by atoms with Crippen molar-refractivity contribution in [1.29, 1.82) is 0 Å². The number of ether oxygens (including phenoxy) is 3. The molecule has 1 fully saturated rings. The normalized spacial score (nSPS) is 15.6. The topological polar surface area (TPSA) is 89.1 Å². The number of amides is 3. The van der Waals surface area contributed by atoms with Crippen LogP contribution < -0.4 is 24.8 Å². The first-order valence-corrected chi connectivity index (χ1v) is 9.30. The van der Waals surface area contributed by atoms with Crippen molar-refractivity contribution in [3.63, 3.8) is 0 Å². The van der Waals surface area contributed by atoms with Crippen LogP contribution in [0.2, 0.25) is 0 Å². The van der Waals surface area contributed by atoms with Crippen LogP contribution in [0, 0.1) is 0 Å². The molecule has 1 atom stereocenters. The van der Waals surface area contributed by atoms with Gasteiger partial charge in [0.15, 0.2) is 11.5 Å². The summed E-state index contributed by atoms with van der Waals surface area (Å²) in [5.74, 6) is 1.50. The van der Waals surface area contributed by atoms with Crippen molar-refractivity contribution < 1.29 is 23.8 Å². The van der Waals surface area contributed by atoms with Crippen LogP contribution in [-0.2, 0) is 4.79 Å². The highest BCUT2D eigenvalue weighted by atomic mass is 16.5. The van der Waals surface area contributed by atoms with E-state index in [0.717, 1.165) is 6.42 Å². The van der Waals surface area contributed by atoms with Crippen LogP contribution in [-0.4, -0.2) is 50.8 Å². The molecule has 1 saturated heterocycles. The standard InChI is InChI=1S/C21H25N3O5/c1-27-16-7-4-6-14(12-16)23-21(26)24-11-5-8-17(24)20(25)22-15-9-10-18(28-2)19(13-15)29-3/h4,6-7,9-10,12-13,17H,5,8,11H2,1-3H3,(H,22,25)(H,23,26)/t17-/m0/s1. The zero-order valence-corrected chi connectivity index (χ0v) is 16.7. The van der Waals surface area contributed by atoms with Crippen molar-refractivity contribution in [2.45, 2.75) is 18.9 Å². The second-order valence-corrected chi connectivity index (χ2v) is 6.57. The van der Waals surface area contributed by atoms with E-state index in [1.807, 2.05) is 0 Å². The molecule has 8 nitrogen and oxygen atoms in total. The number of nitrogens with zero attached hydrogens (tertiary/aromatic N) is 1. The van der Waals surface area contributed by atoms with Crippen molar-refractivity contribution >= 4 is 23.3 Å². The maximum Gasteiger partial charge on any atom is 0.322 e. The molecule has 0 spiro atoms. The third-order valence-electron chi connectivity index (χ3n) is 4.79. The number of anilines is 2. The van der Waals surface area contributed by atoms with Gasteiger partial charge in [0.05, 0.1) is 21.3 Å². The van der Waals surface area contributed by atoms with Gasteiger partial charge in [-0.1, -0.05) is 6.07 Å². The molecule has 1 aliphatic heterocycles. The van der Waals surface area contributed by atoms with Gasteiger partial charge in [0.25, 0.3) is 0 Å². The van der Waals surface area contributed by atoms with E-state index in [4.69, 9.17) is 14.2 Å². The van der Waals surface area contributed by atoms with Gasteiger partial charge in [0.2, 0.25) is 5.91 Å². The monoisotopic (exact) mass is 399 g/mol. The lowest BCUT2D eigenvalue weighted by atomic mass is 10.2. The Morgan fingerprint density at radius 2 is 1.69 bits per heavy atom. The second kappa shape index (κ2) is 9.18.